The molecular weight excluding hydrogens is 154 g/mol. The number of oxime groups is 1. The fraction of sp³-hybridized carbons (Fsp3) is 0.222. The van der Waals surface area contributed by atoms with Crippen molar-refractivity contribution >= 4 is 6.21 Å². The molecule has 0 fully saturated rings. The quantitative estimate of drug-likeness (QED) is 0.320. The zero-order valence-electron chi connectivity index (χ0n) is 6.68. The predicted octanol–water partition coefficient (Wildman–Crippen LogP) is 1.92. The molecule has 64 valence electrons. The van der Waals surface area contributed by atoms with Gasteiger partial charge in [0.25, 0.3) is 0 Å². The molecule has 0 radical (unpaired) electrons. The van der Waals surface area contributed by atoms with Crippen LogP contribution in [0.4, 0.5) is 0 Å². The van der Waals surface area contributed by atoms with Gasteiger partial charge in [-0.3, -0.25) is 0 Å². The zero-order chi connectivity index (χ0) is 8.65. The number of ether oxygens (including phenoxy) is 1. The molecule has 1 N–H and O–H groups in total. The largest absolute Gasteiger partial charge is 0.493 e. The van der Waals surface area contributed by atoms with Gasteiger partial charge < -0.3 is 9.94 Å². The van der Waals surface area contributed by atoms with E-state index < -0.39 is 0 Å². The summed E-state index contributed by atoms with van der Waals surface area (Å²) in [4.78, 5) is 0. The van der Waals surface area contributed by atoms with Crippen LogP contribution in [-0.4, -0.2) is 18.0 Å². The number of hydrogen-bond donors (Lipinski definition) is 1. The molecule has 0 amide bonds. The van der Waals surface area contributed by atoms with Crippen molar-refractivity contribution in [1.29, 1.82) is 0 Å². The lowest BCUT2D eigenvalue weighted by molar-refractivity contribution is 0.310. The van der Waals surface area contributed by atoms with E-state index in [1.54, 1.807) is 0 Å². The second-order valence-corrected chi connectivity index (χ2v) is 2.25. The smallest absolute Gasteiger partial charge is 0.119 e. The Morgan fingerprint density at radius 1 is 1.33 bits per heavy atom. The summed E-state index contributed by atoms with van der Waals surface area (Å²) in [6.45, 7) is 0.536. The Kier molecular flexibility index (Phi) is 3.71. The summed E-state index contributed by atoms with van der Waals surface area (Å²) < 4.78 is 5.31. The number of para-hydroxylation sites is 1. The third kappa shape index (κ3) is 3.05. The first-order valence-electron chi connectivity index (χ1n) is 3.77. The van der Waals surface area contributed by atoms with Crippen molar-refractivity contribution in [3.05, 3.63) is 30.3 Å². The van der Waals surface area contributed by atoms with E-state index in [0.29, 0.717) is 13.0 Å². The van der Waals surface area contributed by atoms with Gasteiger partial charge in [0.05, 0.1) is 6.61 Å². The van der Waals surface area contributed by atoms with Crippen molar-refractivity contribution in [3.8, 4) is 5.75 Å². The van der Waals surface area contributed by atoms with Crippen LogP contribution in [0.5, 0.6) is 5.75 Å². The summed E-state index contributed by atoms with van der Waals surface area (Å²) >= 11 is 0. The molecule has 3 nitrogen and oxygen atoms in total. The van der Waals surface area contributed by atoms with Gasteiger partial charge in [-0.15, -0.1) is 5.16 Å². The molecule has 3 heteroatoms. The van der Waals surface area contributed by atoms with Crippen molar-refractivity contribution in [2.45, 2.75) is 6.42 Å². The topological polar surface area (TPSA) is 41.8 Å². The van der Waals surface area contributed by atoms with E-state index in [1.807, 2.05) is 30.3 Å². The molecule has 0 aliphatic heterocycles. The van der Waals surface area contributed by atoms with E-state index >= 15 is 0 Å². The Balaban J connectivity index is 2.24. The third-order valence-electron chi connectivity index (χ3n) is 1.34. The molecule has 0 aliphatic rings. The summed E-state index contributed by atoms with van der Waals surface area (Å²) in [5.74, 6) is 0.837. The Hall–Kier alpha value is -1.51. The maximum Gasteiger partial charge on any atom is 0.119 e. The van der Waals surface area contributed by atoms with Gasteiger partial charge in [-0.1, -0.05) is 18.2 Å². The standard InChI is InChI=1S/C9H11NO2/c11-10-7-4-8-12-9-5-2-1-3-6-9/h1-3,5-7,11H,4,8H2. The van der Waals surface area contributed by atoms with Crippen LogP contribution in [0.1, 0.15) is 6.42 Å². The molecule has 0 saturated carbocycles. The molecule has 0 heterocycles. The fourth-order valence-corrected chi connectivity index (χ4v) is 0.804. The van der Waals surface area contributed by atoms with Gasteiger partial charge in [-0.05, 0) is 12.1 Å². The Bertz CT molecular complexity index is 234. The fourth-order valence-electron chi connectivity index (χ4n) is 0.804. The van der Waals surface area contributed by atoms with E-state index in [1.165, 1.54) is 6.21 Å². The average Bonchev–Trinajstić information content (AvgIpc) is 2.14. The van der Waals surface area contributed by atoms with Gasteiger partial charge in [0.15, 0.2) is 0 Å². The summed E-state index contributed by atoms with van der Waals surface area (Å²) in [7, 11) is 0. The van der Waals surface area contributed by atoms with Gasteiger partial charge in [0.1, 0.15) is 5.75 Å². The summed E-state index contributed by atoms with van der Waals surface area (Å²) in [5.41, 5.74) is 0. The lowest BCUT2D eigenvalue weighted by atomic mass is 10.3. The average molecular weight is 165 g/mol. The monoisotopic (exact) mass is 165 g/mol. The molecule has 0 spiro atoms. The molecular formula is C9H11NO2. The summed E-state index contributed by atoms with van der Waals surface area (Å²) in [5, 5.41) is 10.9. The Morgan fingerprint density at radius 3 is 2.75 bits per heavy atom. The first-order chi connectivity index (χ1) is 5.93. The van der Waals surface area contributed by atoms with E-state index in [-0.39, 0.29) is 0 Å². The minimum Gasteiger partial charge on any atom is -0.493 e. The van der Waals surface area contributed by atoms with E-state index in [9.17, 15) is 0 Å². The molecule has 1 aromatic rings. The van der Waals surface area contributed by atoms with Crippen molar-refractivity contribution in [2.75, 3.05) is 6.61 Å². The molecule has 0 atom stereocenters. The molecule has 0 aromatic heterocycles. The summed E-state index contributed by atoms with van der Waals surface area (Å²) in [6.07, 6.45) is 2.02. The van der Waals surface area contributed by atoms with E-state index in [4.69, 9.17) is 9.94 Å². The Morgan fingerprint density at radius 2 is 2.08 bits per heavy atom. The van der Waals surface area contributed by atoms with Crippen LogP contribution < -0.4 is 4.74 Å². The van der Waals surface area contributed by atoms with Crippen LogP contribution in [0.2, 0.25) is 0 Å². The van der Waals surface area contributed by atoms with Crippen LogP contribution in [0.3, 0.4) is 0 Å². The molecule has 0 saturated heterocycles. The van der Waals surface area contributed by atoms with Crippen LogP contribution >= 0.6 is 0 Å². The maximum absolute atomic E-state index is 8.08. The van der Waals surface area contributed by atoms with Crippen LogP contribution in [0.25, 0.3) is 0 Å². The van der Waals surface area contributed by atoms with E-state index in [0.717, 1.165) is 5.75 Å². The molecule has 1 aromatic carbocycles. The highest BCUT2D eigenvalue weighted by Crippen LogP contribution is 2.07. The molecule has 1 rings (SSSR count). The molecule has 12 heavy (non-hydrogen) atoms. The highest BCUT2D eigenvalue weighted by Gasteiger charge is 1.88. The van der Waals surface area contributed by atoms with Gasteiger partial charge in [0, 0.05) is 12.6 Å². The minimum absolute atomic E-state index is 0.536. The zero-order valence-corrected chi connectivity index (χ0v) is 6.68. The number of nitrogens with zero attached hydrogens (tertiary/aromatic N) is 1. The van der Waals surface area contributed by atoms with Crippen molar-refractivity contribution in [1.82, 2.24) is 0 Å². The van der Waals surface area contributed by atoms with Crippen molar-refractivity contribution in [2.24, 2.45) is 5.16 Å². The predicted molar refractivity (Wildman–Crippen MR) is 46.8 cm³/mol. The van der Waals surface area contributed by atoms with Crippen LogP contribution in [-0.2, 0) is 0 Å². The second-order valence-electron chi connectivity index (χ2n) is 2.25. The normalized spacial score (nSPS) is 10.3. The van der Waals surface area contributed by atoms with Gasteiger partial charge in [-0.25, -0.2) is 0 Å². The molecule has 0 bridgehead atoms. The SMILES string of the molecule is ON=CCCOc1ccccc1. The van der Waals surface area contributed by atoms with Crippen LogP contribution in [0, 0.1) is 0 Å². The van der Waals surface area contributed by atoms with Gasteiger partial charge in [0.2, 0.25) is 0 Å². The van der Waals surface area contributed by atoms with Gasteiger partial charge >= 0.3 is 0 Å². The summed E-state index contributed by atoms with van der Waals surface area (Å²) in [6, 6.07) is 9.53. The van der Waals surface area contributed by atoms with Crippen LogP contribution in [0.15, 0.2) is 35.5 Å². The molecule has 0 aliphatic carbocycles. The number of rotatable bonds is 4. The number of benzene rings is 1. The number of hydrogen-bond acceptors (Lipinski definition) is 3. The maximum atomic E-state index is 8.08. The van der Waals surface area contributed by atoms with Gasteiger partial charge in [-0.2, -0.15) is 0 Å². The minimum atomic E-state index is 0.536. The lowest BCUT2D eigenvalue weighted by Crippen LogP contribution is -1.97. The highest BCUT2D eigenvalue weighted by molar-refractivity contribution is 5.56. The van der Waals surface area contributed by atoms with E-state index in [2.05, 4.69) is 5.16 Å². The molecule has 0 unspecified atom stereocenters. The third-order valence-corrected chi connectivity index (χ3v) is 1.34. The van der Waals surface area contributed by atoms with Crippen molar-refractivity contribution < 1.29 is 9.94 Å². The van der Waals surface area contributed by atoms with Crippen molar-refractivity contribution in [3.63, 3.8) is 0 Å². The first kappa shape index (κ1) is 8.59. The highest BCUT2D eigenvalue weighted by atomic mass is 16.5. The first-order valence-corrected chi connectivity index (χ1v) is 3.77. The Labute approximate surface area is 71.3 Å². The second kappa shape index (κ2) is 5.18. The lowest BCUT2D eigenvalue weighted by Gasteiger charge is -2.01.